The Labute approximate surface area is 176 Å². The Morgan fingerprint density at radius 1 is 1.41 bits per heavy atom. The summed E-state index contributed by atoms with van der Waals surface area (Å²) >= 11 is 2.36. The van der Waals surface area contributed by atoms with Gasteiger partial charge < -0.3 is 9.84 Å². The molecule has 2 aromatic rings. The highest BCUT2D eigenvalue weighted by molar-refractivity contribution is 8.01. The summed E-state index contributed by atoms with van der Waals surface area (Å²) in [6, 6.07) is 3.99. The van der Waals surface area contributed by atoms with Crippen LogP contribution in [0.25, 0.3) is 0 Å². The van der Waals surface area contributed by atoms with Gasteiger partial charge in [0, 0.05) is 18.3 Å². The van der Waals surface area contributed by atoms with Gasteiger partial charge in [-0.25, -0.2) is 14.2 Å². The van der Waals surface area contributed by atoms with Crippen molar-refractivity contribution in [1.82, 2.24) is 4.98 Å². The van der Waals surface area contributed by atoms with Gasteiger partial charge in [0.25, 0.3) is 0 Å². The number of hydrogen-bond donors (Lipinski definition) is 2. The van der Waals surface area contributed by atoms with Crippen molar-refractivity contribution in [2.75, 3.05) is 29.6 Å². The summed E-state index contributed by atoms with van der Waals surface area (Å²) in [5.41, 5.74) is 0.546. The highest BCUT2D eigenvalue weighted by Gasteiger charge is 2.25. The van der Waals surface area contributed by atoms with Gasteiger partial charge in [-0.15, -0.1) is 11.8 Å². The number of halogens is 1. The number of thioether (sulfide) groups is 1. The number of carbonyl (C=O) groups is 2. The molecule has 156 valence electrons. The van der Waals surface area contributed by atoms with E-state index in [2.05, 4.69) is 10.3 Å². The van der Waals surface area contributed by atoms with E-state index in [1.807, 2.05) is 0 Å². The molecule has 29 heavy (non-hydrogen) atoms. The quantitative estimate of drug-likeness (QED) is 0.580. The summed E-state index contributed by atoms with van der Waals surface area (Å²) in [4.78, 5) is 29.4. The van der Waals surface area contributed by atoms with Gasteiger partial charge in [-0.1, -0.05) is 24.2 Å². The van der Waals surface area contributed by atoms with Crippen molar-refractivity contribution in [3.63, 3.8) is 0 Å². The molecule has 0 spiro atoms. The summed E-state index contributed by atoms with van der Waals surface area (Å²) in [5, 5.41) is 11.9. The topological polar surface area (TPSA) is 91.8 Å². The summed E-state index contributed by atoms with van der Waals surface area (Å²) in [5.74, 6) is -1.01. The number of aromatic nitrogens is 1. The van der Waals surface area contributed by atoms with Gasteiger partial charge in [0.1, 0.15) is 0 Å². The number of hydrogen-bond acceptors (Lipinski definition) is 6. The van der Waals surface area contributed by atoms with E-state index >= 15 is 0 Å². The minimum atomic E-state index is -0.915. The molecule has 2 N–H and O–H groups in total. The Morgan fingerprint density at radius 3 is 2.86 bits per heavy atom. The molecule has 1 aliphatic carbocycles. The first-order chi connectivity index (χ1) is 14.0. The van der Waals surface area contributed by atoms with E-state index in [0.29, 0.717) is 27.5 Å². The Balaban J connectivity index is 1.76. The first-order valence-corrected chi connectivity index (χ1v) is 11.0. The van der Waals surface area contributed by atoms with Crippen LogP contribution in [-0.2, 0) is 4.79 Å². The molecule has 1 aromatic heterocycles. The van der Waals surface area contributed by atoms with Crippen molar-refractivity contribution < 1.29 is 23.8 Å². The van der Waals surface area contributed by atoms with E-state index < -0.39 is 11.8 Å². The number of aliphatic carboxylic acids is 1. The third-order valence-corrected chi connectivity index (χ3v) is 6.74. The molecule has 2 amide bonds. The Bertz CT molecular complexity index is 871. The number of rotatable bonds is 8. The number of benzene rings is 1. The zero-order chi connectivity index (χ0) is 20.8. The molecule has 0 aliphatic heterocycles. The zero-order valence-corrected chi connectivity index (χ0v) is 17.5. The predicted molar refractivity (Wildman–Crippen MR) is 112 cm³/mol. The van der Waals surface area contributed by atoms with E-state index in [-0.39, 0.29) is 17.5 Å². The molecule has 0 bridgehead atoms. The van der Waals surface area contributed by atoms with Gasteiger partial charge in [-0.05, 0) is 30.9 Å². The van der Waals surface area contributed by atoms with Crippen molar-refractivity contribution in [3.8, 4) is 5.75 Å². The van der Waals surface area contributed by atoms with Gasteiger partial charge in [0.05, 0.1) is 23.3 Å². The maximum absolute atomic E-state index is 13.8. The number of urea groups is 1. The average molecular weight is 440 g/mol. The number of ether oxygens (including phenoxy) is 1. The molecular formula is C19H22FN3O4S2. The standard InChI is InChI=1S/C19H22FN3O4S2/c1-27-15-8-13(6-7-14(15)20)23(10-12-4-2-3-5-12)19(26)22-18-21-9-17(29-18)28-11-16(24)25/h6-9,12H,2-5,10-11H2,1H3,(H,24,25)(H,21,22,26). The van der Waals surface area contributed by atoms with Crippen LogP contribution in [0.5, 0.6) is 5.75 Å². The van der Waals surface area contributed by atoms with E-state index in [0.717, 1.165) is 37.4 Å². The van der Waals surface area contributed by atoms with Crippen molar-refractivity contribution in [2.24, 2.45) is 5.92 Å². The molecule has 0 unspecified atom stereocenters. The van der Waals surface area contributed by atoms with E-state index in [1.165, 1.54) is 36.8 Å². The molecule has 1 aromatic carbocycles. The third-order valence-electron chi connectivity index (χ3n) is 4.64. The van der Waals surface area contributed by atoms with Crippen LogP contribution in [0.1, 0.15) is 25.7 Å². The molecule has 0 radical (unpaired) electrons. The van der Waals surface area contributed by atoms with Gasteiger partial charge in [0.15, 0.2) is 16.7 Å². The van der Waals surface area contributed by atoms with Crippen LogP contribution in [0.3, 0.4) is 0 Å². The summed E-state index contributed by atoms with van der Waals surface area (Å²) in [6.07, 6.45) is 5.92. The summed E-state index contributed by atoms with van der Waals surface area (Å²) in [6.45, 7) is 0.520. The monoisotopic (exact) mass is 439 g/mol. The van der Waals surface area contributed by atoms with Crippen molar-refractivity contribution in [1.29, 1.82) is 0 Å². The van der Waals surface area contributed by atoms with E-state index in [4.69, 9.17) is 9.84 Å². The van der Waals surface area contributed by atoms with E-state index in [1.54, 1.807) is 11.0 Å². The number of carboxylic acids is 1. The fourth-order valence-corrected chi connectivity index (χ4v) is 4.83. The molecule has 7 nitrogen and oxygen atoms in total. The number of carbonyl (C=O) groups excluding carboxylic acids is 1. The van der Waals surface area contributed by atoms with Gasteiger partial charge in [-0.2, -0.15) is 0 Å². The minimum absolute atomic E-state index is 0.0707. The highest BCUT2D eigenvalue weighted by Crippen LogP contribution is 2.32. The zero-order valence-electron chi connectivity index (χ0n) is 15.9. The number of carboxylic acid groups (broad SMARTS) is 1. The van der Waals surface area contributed by atoms with Crippen molar-refractivity contribution in [2.45, 2.75) is 29.9 Å². The normalized spacial score (nSPS) is 14.0. The third kappa shape index (κ3) is 5.83. The first kappa shape index (κ1) is 21.4. The molecule has 1 saturated carbocycles. The van der Waals surface area contributed by atoms with Gasteiger partial charge in [0.2, 0.25) is 0 Å². The van der Waals surface area contributed by atoms with Crippen LogP contribution < -0.4 is 15.0 Å². The number of anilines is 2. The fourth-order valence-electron chi connectivity index (χ4n) is 3.25. The molecule has 1 aliphatic rings. The maximum atomic E-state index is 13.8. The number of methoxy groups -OCH3 is 1. The average Bonchev–Trinajstić information content (AvgIpc) is 3.37. The molecule has 0 saturated heterocycles. The Hall–Kier alpha value is -2.33. The second-order valence-electron chi connectivity index (χ2n) is 6.68. The molecule has 1 heterocycles. The largest absolute Gasteiger partial charge is 0.494 e. The van der Waals surface area contributed by atoms with Crippen molar-refractivity contribution in [3.05, 3.63) is 30.2 Å². The second kappa shape index (κ2) is 9.93. The fraction of sp³-hybridized carbons (Fsp3) is 0.421. The van der Waals surface area contributed by atoms with Crippen molar-refractivity contribution >= 4 is 45.9 Å². The number of thiazole rings is 1. The lowest BCUT2D eigenvalue weighted by atomic mass is 10.1. The maximum Gasteiger partial charge on any atom is 0.328 e. The van der Waals surface area contributed by atoms with Crippen LogP contribution >= 0.6 is 23.1 Å². The molecule has 10 heteroatoms. The number of nitrogens with one attached hydrogen (secondary N) is 1. The van der Waals surface area contributed by atoms with E-state index in [9.17, 15) is 14.0 Å². The van der Waals surface area contributed by atoms with Crippen LogP contribution in [0.15, 0.2) is 28.6 Å². The molecule has 0 atom stereocenters. The lowest BCUT2D eigenvalue weighted by Gasteiger charge is -2.26. The SMILES string of the molecule is COc1cc(N(CC2CCCC2)C(=O)Nc2ncc(SCC(=O)O)s2)ccc1F. The van der Waals surface area contributed by atoms with Gasteiger partial charge in [-0.3, -0.25) is 15.0 Å². The predicted octanol–water partition coefficient (Wildman–Crippen LogP) is 4.70. The molecule has 1 fully saturated rings. The number of nitrogens with zero attached hydrogens (tertiary/aromatic N) is 2. The Kier molecular flexibility index (Phi) is 7.32. The summed E-state index contributed by atoms with van der Waals surface area (Å²) in [7, 11) is 1.38. The first-order valence-electron chi connectivity index (χ1n) is 9.18. The molecular weight excluding hydrogens is 417 g/mol. The van der Waals surface area contributed by atoms with Gasteiger partial charge >= 0.3 is 12.0 Å². The minimum Gasteiger partial charge on any atom is -0.494 e. The number of amides is 2. The highest BCUT2D eigenvalue weighted by atomic mass is 32.2. The molecule has 3 rings (SSSR count). The Morgan fingerprint density at radius 2 is 2.17 bits per heavy atom. The van der Waals surface area contributed by atoms with Crippen LogP contribution in [0.2, 0.25) is 0 Å². The van der Waals surface area contributed by atoms with Crippen LogP contribution in [-0.4, -0.2) is 41.5 Å². The van der Waals surface area contributed by atoms with Crippen LogP contribution in [0.4, 0.5) is 20.0 Å². The second-order valence-corrected chi connectivity index (χ2v) is 8.98. The lowest BCUT2D eigenvalue weighted by Crippen LogP contribution is -2.38. The summed E-state index contributed by atoms with van der Waals surface area (Å²) < 4.78 is 19.6. The smallest absolute Gasteiger partial charge is 0.328 e. The lowest BCUT2D eigenvalue weighted by molar-refractivity contribution is -0.133. The van der Waals surface area contributed by atoms with Crippen LogP contribution in [0, 0.1) is 11.7 Å².